The Kier molecular flexibility index (Phi) is 6.51. The molecule has 1 aliphatic rings. The largest absolute Gasteiger partial charge is 0.480 e. The van der Waals surface area contributed by atoms with Crippen LogP contribution in [0, 0.1) is 0 Å². The van der Waals surface area contributed by atoms with Crippen LogP contribution < -0.4 is 10.5 Å². The number of amides is 1. The number of likely N-dealkylation sites (tertiary alicyclic amines) is 1. The van der Waals surface area contributed by atoms with Crippen molar-refractivity contribution in [1.29, 1.82) is 0 Å². The number of carboxylic acid groups (broad SMARTS) is 1. The van der Waals surface area contributed by atoms with Crippen LogP contribution in [0.2, 0.25) is 0 Å². The van der Waals surface area contributed by atoms with E-state index in [4.69, 9.17) is 5.14 Å². The highest BCUT2D eigenvalue weighted by molar-refractivity contribution is 7.89. The first-order valence-electron chi connectivity index (χ1n) is 8.12. The Labute approximate surface area is 147 Å². The highest BCUT2D eigenvalue weighted by Crippen LogP contribution is 2.16. The smallest absolute Gasteiger partial charge is 0.320 e. The molecule has 1 amide bonds. The number of carboxylic acids is 1. The molecule has 4 N–H and O–H groups in total. The SMILES string of the molecule is NS(=O)(=O)c1ccc(CCNC(=O)CN2CCCCC2C(=O)O)cc1. The van der Waals surface area contributed by atoms with Crippen LogP contribution in [0.3, 0.4) is 0 Å². The van der Waals surface area contributed by atoms with Crippen LogP contribution in [0.5, 0.6) is 0 Å². The highest BCUT2D eigenvalue weighted by Gasteiger charge is 2.29. The predicted octanol–water partition coefficient (Wildman–Crippen LogP) is -0.0682. The highest BCUT2D eigenvalue weighted by atomic mass is 32.2. The molecule has 138 valence electrons. The molecule has 1 atom stereocenters. The molecule has 1 aliphatic heterocycles. The molecule has 0 aliphatic carbocycles. The van der Waals surface area contributed by atoms with E-state index in [1.54, 1.807) is 17.0 Å². The van der Waals surface area contributed by atoms with Crippen molar-refractivity contribution in [3.63, 3.8) is 0 Å². The van der Waals surface area contributed by atoms with Gasteiger partial charge in [-0.15, -0.1) is 0 Å². The summed E-state index contributed by atoms with van der Waals surface area (Å²) in [7, 11) is -3.71. The number of carbonyl (C=O) groups is 2. The fraction of sp³-hybridized carbons (Fsp3) is 0.500. The fourth-order valence-electron chi connectivity index (χ4n) is 2.89. The van der Waals surface area contributed by atoms with Gasteiger partial charge in [0.05, 0.1) is 11.4 Å². The summed E-state index contributed by atoms with van der Waals surface area (Å²) in [6.45, 7) is 1.07. The number of sulfonamides is 1. The Morgan fingerprint density at radius 2 is 1.92 bits per heavy atom. The van der Waals surface area contributed by atoms with Gasteiger partial charge in [-0.05, 0) is 43.5 Å². The van der Waals surface area contributed by atoms with Crippen molar-refractivity contribution in [2.24, 2.45) is 5.14 Å². The van der Waals surface area contributed by atoms with Crippen molar-refractivity contribution >= 4 is 21.9 Å². The summed E-state index contributed by atoms with van der Waals surface area (Å²) in [4.78, 5) is 25.0. The molecule has 1 saturated heterocycles. The van der Waals surface area contributed by atoms with Crippen molar-refractivity contribution in [2.75, 3.05) is 19.6 Å². The van der Waals surface area contributed by atoms with Gasteiger partial charge in [-0.2, -0.15) is 0 Å². The zero-order chi connectivity index (χ0) is 18.4. The second kappa shape index (κ2) is 8.41. The van der Waals surface area contributed by atoms with Crippen molar-refractivity contribution in [3.05, 3.63) is 29.8 Å². The lowest BCUT2D eigenvalue weighted by Gasteiger charge is -2.32. The van der Waals surface area contributed by atoms with Crippen molar-refractivity contribution in [3.8, 4) is 0 Å². The lowest BCUT2D eigenvalue weighted by molar-refractivity contribution is -0.145. The first-order chi connectivity index (χ1) is 11.8. The van der Waals surface area contributed by atoms with Crippen LogP contribution in [-0.4, -0.2) is 56.0 Å². The third-order valence-electron chi connectivity index (χ3n) is 4.23. The zero-order valence-corrected chi connectivity index (χ0v) is 14.7. The number of piperidine rings is 1. The molecule has 25 heavy (non-hydrogen) atoms. The second-order valence-corrected chi connectivity index (χ2v) is 7.67. The van der Waals surface area contributed by atoms with Crippen LogP contribution in [0.25, 0.3) is 0 Å². The van der Waals surface area contributed by atoms with Gasteiger partial charge in [-0.1, -0.05) is 18.6 Å². The quantitative estimate of drug-likeness (QED) is 0.617. The van der Waals surface area contributed by atoms with Gasteiger partial charge in [0, 0.05) is 6.54 Å². The van der Waals surface area contributed by atoms with E-state index in [-0.39, 0.29) is 17.3 Å². The summed E-state index contributed by atoms with van der Waals surface area (Å²) in [5.41, 5.74) is 0.870. The number of carbonyl (C=O) groups excluding carboxylic acids is 1. The summed E-state index contributed by atoms with van der Waals surface area (Å²) in [6.07, 6.45) is 2.87. The molecule has 0 saturated carbocycles. The molecule has 8 nitrogen and oxygen atoms in total. The van der Waals surface area contributed by atoms with Crippen molar-refractivity contribution in [2.45, 2.75) is 36.6 Å². The van der Waals surface area contributed by atoms with Gasteiger partial charge in [0.2, 0.25) is 15.9 Å². The average molecular weight is 369 g/mol. The number of benzene rings is 1. The van der Waals surface area contributed by atoms with E-state index in [1.807, 2.05) is 0 Å². The number of nitrogens with two attached hydrogens (primary N) is 1. The molecule has 0 aromatic heterocycles. The number of rotatable bonds is 7. The maximum absolute atomic E-state index is 12.0. The average Bonchev–Trinajstić information content (AvgIpc) is 2.55. The molecule has 0 spiro atoms. The van der Waals surface area contributed by atoms with E-state index in [1.165, 1.54) is 12.1 Å². The van der Waals surface area contributed by atoms with Crippen LogP contribution in [0.4, 0.5) is 0 Å². The van der Waals surface area contributed by atoms with Gasteiger partial charge >= 0.3 is 5.97 Å². The van der Waals surface area contributed by atoms with Crippen LogP contribution in [0.1, 0.15) is 24.8 Å². The summed E-state index contributed by atoms with van der Waals surface area (Å²) < 4.78 is 22.4. The standard InChI is InChI=1S/C16H23N3O5S/c17-25(23,24)13-6-4-12(5-7-13)8-9-18-15(20)11-19-10-2-1-3-14(19)16(21)22/h4-7,14H,1-3,8-11H2,(H,18,20)(H,21,22)(H2,17,23,24). The van der Waals surface area contributed by atoms with E-state index in [0.29, 0.717) is 25.9 Å². The summed E-state index contributed by atoms with van der Waals surface area (Å²) in [5, 5.41) is 17.0. The third-order valence-corrected chi connectivity index (χ3v) is 5.16. The van der Waals surface area contributed by atoms with Crippen LogP contribution in [-0.2, 0) is 26.0 Å². The first-order valence-corrected chi connectivity index (χ1v) is 9.67. The number of nitrogens with zero attached hydrogens (tertiary/aromatic N) is 1. The monoisotopic (exact) mass is 369 g/mol. The maximum atomic E-state index is 12.0. The van der Waals surface area contributed by atoms with Gasteiger partial charge in [0.15, 0.2) is 0 Å². The number of hydrogen-bond donors (Lipinski definition) is 3. The Balaban J connectivity index is 1.79. The van der Waals surface area contributed by atoms with Gasteiger partial charge in [0.1, 0.15) is 6.04 Å². The second-order valence-electron chi connectivity index (χ2n) is 6.11. The lowest BCUT2D eigenvalue weighted by atomic mass is 10.0. The van der Waals surface area contributed by atoms with E-state index in [9.17, 15) is 23.1 Å². The molecule has 1 aromatic carbocycles. The molecule has 1 fully saturated rings. The van der Waals surface area contributed by atoms with Crippen LogP contribution >= 0.6 is 0 Å². The Morgan fingerprint density at radius 3 is 2.52 bits per heavy atom. The van der Waals surface area contributed by atoms with Crippen molar-refractivity contribution < 1.29 is 23.1 Å². The predicted molar refractivity (Wildman–Crippen MR) is 91.4 cm³/mol. The summed E-state index contributed by atoms with van der Waals surface area (Å²) in [5.74, 6) is -1.10. The number of nitrogens with one attached hydrogen (secondary N) is 1. The minimum atomic E-state index is -3.71. The van der Waals surface area contributed by atoms with Gasteiger partial charge in [-0.3, -0.25) is 14.5 Å². The molecule has 0 bridgehead atoms. The van der Waals surface area contributed by atoms with Crippen molar-refractivity contribution in [1.82, 2.24) is 10.2 Å². The molecular formula is C16H23N3O5S. The van der Waals surface area contributed by atoms with E-state index in [0.717, 1.165) is 18.4 Å². The zero-order valence-electron chi connectivity index (χ0n) is 13.8. The number of hydrogen-bond acceptors (Lipinski definition) is 5. The molecule has 2 rings (SSSR count). The molecule has 9 heteroatoms. The van der Waals surface area contributed by atoms with E-state index in [2.05, 4.69) is 5.32 Å². The number of aliphatic carboxylic acids is 1. The van der Waals surface area contributed by atoms with E-state index >= 15 is 0 Å². The first kappa shape index (κ1) is 19.4. The molecular weight excluding hydrogens is 346 g/mol. The van der Waals surface area contributed by atoms with Gasteiger partial charge in [0.25, 0.3) is 0 Å². The lowest BCUT2D eigenvalue weighted by Crippen LogP contribution is -2.49. The fourth-order valence-corrected chi connectivity index (χ4v) is 3.41. The molecule has 1 heterocycles. The number of primary sulfonamides is 1. The Hall–Kier alpha value is -1.97. The minimum absolute atomic E-state index is 0.0464. The molecule has 1 unspecified atom stereocenters. The normalized spacial score (nSPS) is 18.7. The third kappa shape index (κ3) is 5.80. The van der Waals surface area contributed by atoms with Crippen LogP contribution in [0.15, 0.2) is 29.2 Å². The Bertz CT molecular complexity index is 718. The topological polar surface area (TPSA) is 130 Å². The molecule has 1 aromatic rings. The van der Waals surface area contributed by atoms with E-state index < -0.39 is 22.0 Å². The Morgan fingerprint density at radius 1 is 1.24 bits per heavy atom. The molecule has 0 radical (unpaired) electrons. The summed E-state index contributed by atoms with van der Waals surface area (Å²) in [6, 6.07) is 5.56. The van der Waals surface area contributed by atoms with Gasteiger partial charge in [-0.25, -0.2) is 13.6 Å². The van der Waals surface area contributed by atoms with Gasteiger partial charge < -0.3 is 10.4 Å². The maximum Gasteiger partial charge on any atom is 0.320 e. The summed E-state index contributed by atoms with van der Waals surface area (Å²) >= 11 is 0. The minimum Gasteiger partial charge on any atom is -0.480 e.